The predicted molar refractivity (Wildman–Crippen MR) is 133 cm³/mol. The zero-order chi connectivity index (χ0) is 24.3. The summed E-state index contributed by atoms with van der Waals surface area (Å²) < 4.78 is 17.8. The predicted octanol–water partition coefficient (Wildman–Crippen LogP) is 5.46. The van der Waals surface area contributed by atoms with E-state index in [1.54, 1.807) is 42.5 Å². The van der Waals surface area contributed by atoms with E-state index in [9.17, 15) is 4.79 Å². The Morgan fingerprint density at radius 3 is 2.53 bits per heavy atom. The normalized spacial score (nSPS) is 10.5. The van der Waals surface area contributed by atoms with Gasteiger partial charge in [-0.2, -0.15) is 10.4 Å². The highest BCUT2D eigenvalue weighted by molar-refractivity contribution is 9.10. The Labute approximate surface area is 207 Å². The van der Waals surface area contributed by atoms with E-state index in [1.807, 2.05) is 32.0 Å². The first-order chi connectivity index (χ1) is 16.5. The Morgan fingerprint density at radius 1 is 1.06 bits per heavy atom. The maximum absolute atomic E-state index is 12.3. The van der Waals surface area contributed by atoms with Crippen LogP contribution < -0.4 is 19.6 Å². The molecule has 0 radical (unpaired) electrons. The van der Waals surface area contributed by atoms with Crippen LogP contribution in [0.3, 0.4) is 0 Å². The fourth-order valence-corrected chi connectivity index (χ4v) is 3.63. The molecule has 0 aliphatic heterocycles. The zero-order valence-corrected chi connectivity index (χ0v) is 20.5. The minimum absolute atomic E-state index is 0.278. The molecule has 0 spiro atoms. The van der Waals surface area contributed by atoms with E-state index in [1.165, 1.54) is 6.21 Å². The number of amides is 1. The van der Waals surface area contributed by atoms with Gasteiger partial charge in [-0.25, -0.2) is 5.43 Å². The summed E-state index contributed by atoms with van der Waals surface area (Å²) in [6.07, 6.45) is 1.53. The van der Waals surface area contributed by atoms with Crippen molar-refractivity contribution < 1.29 is 19.0 Å². The first-order valence-electron chi connectivity index (χ1n) is 10.7. The molecule has 0 atom stereocenters. The van der Waals surface area contributed by atoms with Crippen LogP contribution in [0.4, 0.5) is 0 Å². The fraction of sp³-hybridized carbons (Fsp3) is 0.192. The van der Waals surface area contributed by atoms with Gasteiger partial charge in [0, 0.05) is 5.56 Å². The van der Waals surface area contributed by atoms with Gasteiger partial charge >= 0.3 is 0 Å². The van der Waals surface area contributed by atoms with Crippen molar-refractivity contribution in [2.75, 3.05) is 13.2 Å². The van der Waals surface area contributed by atoms with Gasteiger partial charge in [0.05, 0.1) is 35.5 Å². The molecule has 0 aliphatic rings. The summed E-state index contributed by atoms with van der Waals surface area (Å²) in [5.41, 5.74) is 5.14. The number of benzene rings is 3. The van der Waals surface area contributed by atoms with Crippen LogP contribution in [0.5, 0.6) is 17.2 Å². The number of halogens is 1. The van der Waals surface area contributed by atoms with Gasteiger partial charge in [-0.15, -0.1) is 0 Å². The lowest BCUT2D eigenvalue weighted by Crippen LogP contribution is -2.17. The summed E-state index contributed by atoms with van der Waals surface area (Å²) in [6.45, 7) is 5.07. The second-order valence-electron chi connectivity index (χ2n) is 7.02. The Kier molecular flexibility index (Phi) is 9.06. The number of nitrogens with one attached hydrogen (secondary N) is 1. The number of ether oxygens (including phenoxy) is 3. The summed E-state index contributed by atoms with van der Waals surface area (Å²) in [4.78, 5) is 12.3. The molecule has 7 nitrogen and oxygen atoms in total. The van der Waals surface area contributed by atoms with Crippen LogP contribution in [0, 0.1) is 11.3 Å². The highest BCUT2D eigenvalue weighted by atomic mass is 79.9. The van der Waals surface area contributed by atoms with E-state index in [2.05, 4.69) is 32.5 Å². The number of nitrogens with zero attached hydrogens (tertiary/aromatic N) is 2. The van der Waals surface area contributed by atoms with Crippen molar-refractivity contribution in [3.8, 4) is 23.3 Å². The molecule has 34 heavy (non-hydrogen) atoms. The van der Waals surface area contributed by atoms with Crippen LogP contribution in [-0.4, -0.2) is 25.3 Å². The maximum atomic E-state index is 12.3. The van der Waals surface area contributed by atoms with Gasteiger partial charge in [-0.05, 0) is 89.4 Å². The Balaban J connectivity index is 1.69. The molecule has 1 N–H and O–H groups in total. The van der Waals surface area contributed by atoms with Crippen molar-refractivity contribution in [3.63, 3.8) is 0 Å². The largest absolute Gasteiger partial charge is 0.494 e. The van der Waals surface area contributed by atoms with Crippen LogP contribution in [0.1, 0.15) is 40.9 Å². The minimum Gasteiger partial charge on any atom is -0.494 e. The van der Waals surface area contributed by atoms with Crippen LogP contribution >= 0.6 is 15.9 Å². The van der Waals surface area contributed by atoms with Gasteiger partial charge < -0.3 is 14.2 Å². The highest BCUT2D eigenvalue weighted by Crippen LogP contribution is 2.37. The molecule has 0 aliphatic carbocycles. The van der Waals surface area contributed by atoms with Gasteiger partial charge in [0.2, 0.25) is 0 Å². The molecule has 3 aromatic rings. The number of carbonyl (C=O) groups is 1. The number of hydrazone groups is 1. The molecule has 0 heterocycles. The van der Waals surface area contributed by atoms with Crippen molar-refractivity contribution in [2.24, 2.45) is 5.10 Å². The number of nitriles is 1. The van der Waals surface area contributed by atoms with E-state index in [0.717, 1.165) is 5.56 Å². The highest BCUT2D eigenvalue weighted by Gasteiger charge is 2.13. The molecule has 0 aromatic heterocycles. The lowest BCUT2D eigenvalue weighted by atomic mass is 10.1. The molecule has 0 unspecified atom stereocenters. The number of hydrogen-bond donors (Lipinski definition) is 1. The number of carbonyl (C=O) groups excluding carboxylic acids is 1. The number of rotatable bonds is 10. The monoisotopic (exact) mass is 521 g/mol. The van der Waals surface area contributed by atoms with Crippen LogP contribution in [0.25, 0.3) is 0 Å². The van der Waals surface area contributed by atoms with Crippen molar-refractivity contribution in [2.45, 2.75) is 20.5 Å². The molecule has 0 saturated heterocycles. The second-order valence-corrected chi connectivity index (χ2v) is 7.87. The average molecular weight is 522 g/mol. The Hall–Kier alpha value is -3.83. The van der Waals surface area contributed by atoms with Gasteiger partial charge in [-0.3, -0.25) is 4.79 Å². The zero-order valence-electron chi connectivity index (χ0n) is 18.9. The van der Waals surface area contributed by atoms with Gasteiger partial charge in [0.15, 0.2) is 11.5 Å². The smallest absolute Gasteiger partial charge is 0.271 e. The minimum atomic E-state index is -0.331. The Morgan fingerprint density at radius 2 is 1.82 bits per heavy atom. The van der Waals surface area contributed by atoms with Crippen molar-refractivity contribution in [1.82, 2.24) is 5.43 Å². The molecule has 0 fully saturated rings. The SMILES string of the molecule is CCOc1ccc(C(=O)N/N=C/c2cc(Br)c(OCc3cccc(C#N)c3)c(OCC)c2)cc1. The van der Waals surface area contributed by atoms with Crippen molar-refractivity contribution >= 4 is 28.1 Å². The lowest BCUT2D eigenvalue weighted by molar-refractivity contribution is 0.0955. The number of hydrogen-bond acceptors (Lipinski definition) is 6. The summed E-state index contributed by atoms with van der Waals surface area (Å²) in [5, 5.41) is 13.1. The maximum Gasteiger partial charge on any atom is 0.271 e. The molecule has 8 heteroatoms. The lowest BCUT2D eigenvalue weighted by Gasteiger charge is -2.15. The van der Waals surface area contributed by atoms with E-state index in [4.69, 9.17) is 19.5 Å². The average Bonchev–Trinajstić information content (AvgIpc) is 2.84. The van der Waals surface area contributed by atoms with Gasteiger partial charge in [0.1, 0.15) is 12.4 Å². The van der Waals surface area contributed by atoms with E-state index >= 15 is 0 Å². The summed E-state index contributed by atoms with van der Waals surface area (Å²) in [6, 6.07) is 19.8. The van der Waals surface area contributed by atoms with Gasteiger partial charge in [0.25, 0.3) is 5.91 Å². The first kappa shape index (κ1) is 24.8. The standard InChI is InChI=1S/C26H24BrN3O4/c1-3-32-22-10-8-21(9-11-22)26(31)30-29-16-20-13-23(27)25(24(14-20)33-4-2)34-17-19-7-5-6-18(12-19)15-28/h5-14,16H,3-4,17H2,1-2H3,(H,30,31)/b29-16+. The molecule has 3 rings (SSSR count). The molecule has 0 bridgehead atoms. The third-order valence-corrected chi connectivity index (χ3v) is 5.17. The van der Waals surface area contributed by atoms with Crippen molar-refractivity contribution in [1.29, 1.82) is 5.26 Å². The summed E-state index contributed by atoms with van der Waals surface area (Å²) in [7, 11) is 0. The molecular weight excluding hydrogens is 498 g/mol. The van der Waals surface area contributed by atoms with Gasteiger partial charge in [-0.1, -0.05) is 12.1 Å². The van der Waals surface area contributed by atoms with E-state index in [-0.39, 0.29) is 12.5 Å². The summed E-state index contributed by atoms with van der Waals surface area (Å²) >= 11 is 3.53. The van der Waals surface area contributed by atoms with E-state index in [0.29, 0.717) is 51.6 Å². The van der Waals surface area contributed by atoms with Crippen LogP contribution in [0.15, 0.2) is 70.2 Å². The third kappa shape index (κ3) is 6.83. The molecule has 174 valence electrons. The van der Waals surface area contributed by atoms with Crippen LogP contribution in [0.2, 0.25) is 0 Å². The Bertz CT molecular complexity index is 1200. The van der Waals surface area contributed by atoms with Crippen molar-refractivity contribution in [3.05, 3.63) is 87.4 Å². The quantitative estimate of drug-likeness (QED) is 0.282. The molecular formula is C26H24BrN3O4. The third-order valence-electron chi connectivity index (χ3n) is 4.58. The van der Waals surface area contributed by atoms with Crippen LogP contribution in [-0.2, 0) is 6.61 Å². The molecule has 0 saturated carbocycles. The topological polar surface area (TPSA) is 92.9 Å². The first-order valence-corrected chi connectivity index (χ1v) is 11.5. The summed E-state index contributed by atoms with van der Waals surface area (Å²) in [5.74, 6) is 1.45. The fourth-order valence-electron chi connectivity index (χ4n) is 3.05. The second kappa shape index (κ2) is 12.4. The molecule has 3 aromatic carbocycles. The van der Waals surface area contributed by atoms with E-state index < -0.39 is 0 Å². The molecule has 1 amide bonds.